The van der Waals surface area contributed by atoms with E-state index in [4.69, 9.17) is 4.42 Å². The number of nitrogens with zero attached hydrogens (tertiary/aromatic N) is 2. The van der Waals surface area contributed by atoms with Crippen LogP contribution in [0.15, 0.2) is 58.2 Å². The minimum Gasteiger partial charge on any atom is -0.462 e. The highest BCUT2D eigenvalue weighted by atomic mass is 32.2. The summed E-state index contributed by atoms with van der Waals surface area (Å²) in [4.78, 5) is 21.2. The third-order valence-electron chi connectivity index (χ3n) is 4.19. The van der Waals surface area contributed by atoms with E-state index in [1.165, 1.54) is 11.3 Å². The van der Waals surface area contributed by atoms with E-state index in [1.807, 2.05) is 47.0 Å². The van der Waals surface area contributed by atoms with E-state index < -0.39 is 0 Å². The maximum Gasteiger partial charge on any atom is 0.270 e. The largest absolute Gasteiger partial charge is 0.462 e. The number of amides is 1. The van der Waals surface area contributed by atoms with Gasteiger partial charge in [-0.25, -0.2) is 4.98 Å². The number of carbonyl (C=O) groups is 1. The summed E-state index contributed by atoms with van der Waals surface area (Å²) in [6.07, 6.45) is 3.26. The SMILES string of the molecule is C[C@@H]1Sc2ccccc2N(C(=O)c2cnc(-c3ccco3)s2)[C@@H]1C. The smallest absolute Gasteiger partial charge is 0.270 e. The molecular weight excluding hydrogens is 340 g/mol. The van der Waals surface area contributed by atoms with Gasteiger partial charge in [-0.2, -0.15) is 0 Å². The van der Waals surface area contributed by atoms with E-state index in [1.54, 1.807) is 12.5 Å². The van der Waals surface area contributed by atoms with Crippen LogP contribution < -0.4 is 4.90 Å². The summed E-state index contributed by atoms with van der Waals surface area (Å²) in [6.45, 7) is 4.26. The lowest BCUT2D eigenvalue weighted by atomic mass is 10.1. The Morgan fingerprint density at radius 2 is 2.04 bits per heavy atom. The number of thiazole rings is 1. The van der Waals surface area contributed by atoms with Gasteiger partial charge in [-0.1, -0.05) is 19.1 Å². The van der Waals surface area contributed by atoms with E-state index in [0.717, 1.165) is 15.6 Å². The van der Waals surface area contributed by atoms with Crippen molar-refractivity contribution in [2.24, 2.45) is 0 Å². The molecule has 2 aromatic heterocycles. The minimum absolute atomic E-state index is 0.00240. The van der Waals surface area contributed by atoms with Crippen LogP contribution in [-0.2, 0) is 0 Å². The first-order chi connectivity index (χ1) is 11.6. The zero-order valence-corrected chi connectivity index (χ0v) is 14.9. The summed E-state index contributed by atoms with van der Waals surface area (Å²) in [6, 6.07) is 11.9. The molecule has 0 fully saturated rings. The second kappa shape index (κ2) is 6.11. The number of aromatic nitrogens is 1. The molecule has 0 radical (unpaired) electrons. The maximum absolute atomic E-state index is 13.2. The van der Waals surface area contributed by atoms with Crippen LogP contribution in [0.2, 0.25) is 0 Å². The molecule has 0 aliphatic carbocycles. The first kappa shape index (κ1) is 15.5. The number of anilines is 1. The molecule has 0 bridgehead atoms. The molecule has 24 heavy (non-hydrogen) atoms. The normalized spacial score (nSPS) is 20.0. The summed E-state index contributed by atoms with van der Waals surface area (Å²) in [5, 5.41) is 1.06. The van der Waals surface area contributed by atoms with E-state index in [0.29, 0.717) is 15.9 Å². The third kappa shape index (κ3) is 2.56. The standard InChI is InChI=1S/C18H16N2O2S2/c1-11-12(2)23-15-8-4-3-6-13(15)20(11)18(21)16-10-19-17(24-16)14-7-5-9-22-14/h3-12H,1-2H3/t11-,12+/m1/s1. The van der Waals surface area contributed by atoms with Crippen molar-refractivity contribution in [2.75, 3.05) is 4.90 Å². The summed E-state index contributed by atoms with van der Waals surface area (Å²) >= 11 is 3.19. The average molecular weight is 356 g/mol. The molecule has 0 saturated carbocycles. The Labute approximate surface area is 148 Å². The average Bonchev–Trinajstić information content (AvgIpc) is 3.27. The summed E-state index contributed by atoms with van der Waals surface area (Å²) in [5.74, 6) is 0.687. The Morgan fingerprint density at radius 1 is 1.21 bits per heavy atom. The second-order valence-corrected chi connectivity index (χ2v) is 8.16. The van der Waals surface area contributed by atoms with E-state index in [2.05, 4.69) is 24.9 Å². The fourth-order valence-corrected chi connectivity index (χ4v) is 4.77. The highest BCUT2D eigenvalue weighted by Crippen LogP contribution is 2.42. The maximum atomic E-state index is 13.2. The third-order valence-corrected chi connectivity index (χ3v) is 6.56. The molecule has 0 N–H and O–H groups in total. The molecule has 1 aliphatic heterocycles. The van der Waals surface area contributed by atoms with Gasteiger partial charge in [-0.15, -0.1) is 23.1 Å². The van der Waals surface area contributed by atoms with E-state index in [9.17, 15) is 4.79 Å². The van der Waals surface area contributed by atoms with Crippen molar-refractivity contribution in [3.63, 3.8) is 0 Å². The van der Waals surface area contributed by atoms with Gasteiger partial charge in [0.1, 0.15) is 4.88 Å². The van der Waals surface area contributed by atoms with Gasteiger partial charge in [0.05, 0.1) is 18.1 Å². The predicted octanol–water partition coefficient (Wildman–Crippen LogP) is 4.93. The van der Waals surface area contributed by atoms with Crippen LogP contribution in [0.3, 0.4) is 0 Å². The number of hydrogen-bond donors (Lipinski definition) is 0. The van der Waals surface area contributed by atoms with Crippen LogP contribution in [0.4, 0.5) is 5.69 Å². The molecule has 0 saturated heterocycles. The van der Waals surface area contributed by atoms with Crippen molar-refractivity contribution in [1.82, 2.24) is 4.98 Å². The van der Waals surface area contributed by atoms with Gasteiger partial charge >= 0.3 is 0 Å². The highest BCUT2D eigenvalue weighted by Gasteiger charge is 2.34. The van der Waals surface area contributed by atoms with E-state index >= 15 is 0 Å². The second-order valence-electron chi connectivity index (χ2n) is 5.71. The Bertz CT molecular complexity index is 873. The summed E-state index contributed by atoms with van der Waals surface area (Å²) in [5.41, 5.74) is 0.978. The van der Waals surface area contributed by atoms with Crippen molar-refractivity contribution in [3.05, 3.63) is 53.7 Å². The molecule has 1 aliphatic rings. The zero-order chi connectivity index (χ0) is 16.7. The van der Waals surface area contributed by atoms with Crippen LogP contribution in [0.25, 0.3) is 10.8 Å². The molecule has 6 heteroatoms. The van der Waals surface area contributed by atoms with Gasteiger partial charge in [0.2, 0.25) is 0 Å². The number of hydrogen-bond acceptors (Lipinski definition) is 5. The lowest BCUT2D eigenvalue weighted by Crippen LogP contribution is -2.45. The molecule has 1 amide bonds. The molecule has 4 nitrogen and oxygen atoms in total. The fourth-order valence-electron chi connectivity index (χ4n) is 2.78. The van der Waals surface area contributed by atoms with Gasteiger partial charge in [0.25, 0.3) is 5.91 Å². The van der Waals surface area contributed by atoms with Crippen molar-refractivity contribution in [2.45, 2.75) is 30.0 Å². The number of benzene rings is 1. The van der Waals surface area contributed by atoms with Crippen molar-refractivity contribution in [1.29, 1.82) is 0 Å². The van der Waals surface area contributed by atoms with Gasteiger partial charge < -0.3 is 9.32 Å². The number of thioether (sulfide) groups is 1. The number of rotatable bonds is 2. The molecule has 0 unspecified atom stereocenters. The number of carbonyl (C=O) groups excluding carboxylic acids is 1. The Balaban J connectivity index is 1.71. The summed E-state index contributed by atoms with van der Waals surface area (Å²) < 4.78 is 5.37. The van der Waals surface area contributed by atoms with Gasteiger partial charge in [0, 0.05) is 16.2 Å². The quantitative estimate of drug-likeness (QED) is 0.653. The monoisotopic (exact) mass is 356 g/mol. The molecule has 4 rings (SSSR count). The zero-order valence-electron chi connectivity index (χ0n) is 13.3. The van der Waals surface area contributed by atoms with E-state index in [-0.39, 0.29) is 11.9 Å². The number of para-hydroxylation sites is 1. The lowest BCUT2D eigenvalue weighted by molar-refractivity contribution is 0.0981. The molecular formula is C18H16N2O2S2. The molecule has 3 aromatic rings. The van der Waals surface area contributed by atoms with Crippen LogP contribution >= 0.6 is 23.1 Å². The first-order valence-electron chi connectivity index (χ1n) is 7.74. The predicted molar refractivity (Wildman–Crippen MR) is 97.8 cm³/mol. The lowest BCUT2D eigenvalue weighted by Gasteiger charge is -2.38. The number of fused-ring (bicyclic) bond motifs is 1. The highest BCUT2D eigenvalue weighted by molar-refractivity contribution is 8.00. The molecule has 0 spiro atoms. The van der Waals surface area contributed by atoms with Crippen molar-refractivity contribution >= 4 is 34.7 Å². The molecule has 122 valence electrons. The summed E-state index contributed by atoms with van der Waals surface area (Å²) in [7, 11) is 0. The minimum atomic E-state index is -0.00240. The molecule has 2 atom stereocenters. The van der Waals surface area contributed by atoms with Crippen molar-refractivity contribution < 1.29 is 9.21 Å². The van der Waals surface area contributed by atoms with Gasteiger partial charge in [-0.05, 0) is 31.2 Å². The van der Waals surface area contributed by atoms with Crippen LogP contribution in [0.5, 0.6) is 0 Å². The molecule has 3 heterocycles. The Morgan fingerprint density at radius 3 is 2.83 bits per heavy atom. The Hall–Kier alpha value is -2.05. The van der Waals surface area contributed by atoms with Crippen LogP contribution in [0, 0.1) is 0 Å². The topological polar surface area (TPSA) is 46.3 Å². The number of furan rings is 1. The van der Waals surface area contributed by atoms with Crippen LogP contribution in [-0.4, -0.2) is 22.2 Å². The molecule has 1 aromatic carbocycles. The van der Waals surface area contributed by atoms with Crippen LogP contribution in [0.1, 0.15) is 23.5 Å². The first-order valence-corrected chi connectivity index (χ1v) is 9.43. The van der Waals surface area contributed by atoms with Crippen molar-refractivity contribution in [3.8, 4) is 10.8 Å². The fraction of sp³-hybridized carbons (Fsp3) is 0.222. The van der Waals surface area contributed by atoms with Gasteiger partial charge in [-0.3, -0.25) is 4.79 Å². The Kier molecular flexibility index (Phi) is 3.94. The van der Waals surface area contributed by atoms with Gasteiger partial charge in [0.15, 0.2) is 10.8 Å².